The maximum atomic E-state index is 12.7. The molecule has 120 valence electrons. The Balaban J connectivity index is 2.16. The highest BCUT2D eigenvalue weighted by molar-refractivity contribution is 6.30. The Kier molecular flexibility index (Phi) is 5.12. The molecule has 4 nitrogen and oxygen atoms in total. The SMILES string of the molecule is CC(C)N(C(=O)C1CC(=O)N(c2cccc(Cl)c2)C1)C(C)C. The number of hydrogen-bond acceptors (Lipinski definition) is 2. The van der Waals surface area contributed by atoms with E-state index in [0.29, 0.717) is 11.6 Å². The summed E-state index contributed by atoms with van der Waals surface area (Å²) < 4.78 is 0. The van der Waals surface area contributed by atoms with Crippen LogP contribution >= 0.6 is 11.6 Å². The zero-order valence-corrected chi connectivity index (χ0v) is 14.3. The molecule has 1 fully saturated rings. The van der Waals surface area contributed by atoms with E-state index in [1.807, 2.05) is 44.7 Å². The van der Waals surface area contributed by atoms with Gasteiger partial charge in [0.1, 0.15) is 0 Å². The predicted molar refractivity (Wildman–Crippen MR) is 89.0 cm³/mol. The van der Waals surface area contributed by atoms with Crippen LogP contribution in [-0.4, -0.2) is 35.3 Å². The first kappa shape index (κ1) is 16.8. The topological polar surface area (TPSA) is 40.6 Å². The minimum absolute atomic E-state index is 0.0203. The number of anilines is 1. The molecule has 1 aromatic rings. The molecule has 0 aliphatic carbocycles. The van der Waals surface area contributed by atoms with Crippen molar-refractivity contribution in [2.24, 2.45) is 5.92 Å². The molecule has 1 aliphatic rings. The van der Waals surface area contributed by atoms with Crippen molar-refractivity contribution in [2.75, 3.05) is 11.4 Å². The van der Waals surface area contributed by atoms with Crippen molar-refractivity contribution in [3.05, 3.63) is 29.3 Å². The van der Waals surface area contributed by atoms with Crippen molar-refractivity contribution in [1.29, 1.82) is 0 Å². The highest BCUT2D eigenvalue weighted by atomic mass is 35.5. The monoisotopic (exact) mass is 322 g/mol. The molecule has 1 heterocycles. The van der Waals surface area contributed by atoms with E-state index in [1.54, 1.807) is 17.0 Å². The average Bonchev–Trinajstić information content (AvgIpc) is 2.80. The molecule has 0 aromatic heterocycles. The molecule has 1 aliphatic heterocycles. The van der Waals surface area contributed by atoms with Gasteiger partial charge in [-0.05, 0) is 45.9 Å². The lowest BCUT2D eigenvalue weighted by molar-refractivity contribution is -0.139. The Morgan fingerprint density at radius 3 is 2.45 bits per heavy atom. The lowest BCUT2D eigenvalue weighted by Gasteiger charge is -2.32. The first-order chi connectivity index (χ1) is 10.3. The van der Waals surface area contributed by atoms with Gasteiger partial charge in [0.25, 0.3) is 0 Å². The average molecular weight is 323 g/mol. The Hall–Kier alpha value is -1.55. The molecule has 1 atom stereocenters. The number of carbonyl (C=O) groups is 2. The summed E-state index contributed by atoms with van der Waals surface area (Å²) in [6.07, 6.45) is 0.265. The number of rotatable bonds is 4. The minimum atomic E-state index is -0.281. The van der Waals surface area contributed by atoms with Crippen LogP contribution in [0, 0.1) is 5.92 Å². The molecule has 5 heteroatoms. The molecule has 22 heavy (non-hydrogen) atoms. The summed E-state index contributed by atoms with van der Waals surface area (Å²) in [6, 6.07) is 7.45. The standard InChI is InChI=1S/C17H23ClN2O2/c1-11(2)20(12(3)4)17(22)13-8-16(21)19(10-13)15-7-5-6-14(18)9-15/h5-7,9,11-13H,8,10H2,1-4H3. The Morgan fingerprint density at radius 1 is 1.27 bits per heavy atom. The number of nitrogens with zero attached hydrogens (tertiary/aromatic N) is 2. The number of halogens is 1. The first-order valence-electron chi connectivity index (χ1n) is 7.69. The quantitative estimate of drug-likeness (QED) is 0.853. The summed E-state index contributed by atoms with van der Waals surface area (Å²) in [5.74, 6) is -0.243. The van der Waals surface area contributed by atoms with E-state index in [-0.39, 0.29) is 36.2 Å². The lowest BCUT2D eigenvalue weighted by atomic mass is 10.0. The number of carbonyl (C=O) groups excluding carboxylic acids is 2. The van der Waals surface area contributed by atoms with Crippen LogP contribution in [0.3, 0.4) is 0 Å². The van der Waals surface area contributed by atoms with Crippen LogP contribution in [0.15, 0.2) is 24.3 Å². The Morgan fingerprint density at radius 2 is 1.91 bits per heavy atom. The van der Waals surface area contributed by atoms with E-state index < -0.39 is 0 Å². The molecular weight excluding hydrogens is 300 g/mol. The molecule has 0 spiro atoms. The summed E-state index contributed by atoms with van der Waals surface area (Å²) in [5.41, 5.74) is 0.758. The summed E-state index contributed by atoms with van der Waals surface area (Å²) in [5, 5.41) is 0.589. The number of benzene rings is 1. The van der Waals surface area contributed by atoms with Crippen LogP contribution in [0.5, 0.6) is 0 Å². The number of hydrogen-bond donors (Lipinski definition) is 0. The molecular formula is C17H23ClN2O2. The third-order valence-corrected chi connectivity index (χ3v) is 4.20. The summed E-state index contributed by atoms with van der Waals surface area (Å²) in [6.45, 7) is 8.44. The van der Waals surface area contributed by atoms with Crippen molar-refractivity contribution in [3.63, 3.8) is 0 Å². The largest absolute Gasteiger partial charge is 0.338 e. The van der Waals surface area contributed by atoms with Crippen LogP contribution in [-0.2, 0) is 9.59 Å². The molecule has 0 saturated carbocycles. The van der Waals surface area contributed by atoms with Gasteiger partial charge in [-0.25, -0.2) is 0 Å². The second kappa shape index (κ2) is 6.69. The molecule has 1 unspecified atom stereocenters. The fourth-order valence-corrected chi connectivity index (χ4v) is 3.27. The van der Waals surface area contributed by atoms with Gasteiger partial charge in [0, 0.05) is 35.8 Å². The summed E-state index contributed by atoms with van der Waals surface area (Å²) >= 11 is 5.99. The Bertz CT molecular complexity index is 564. The fraction of sp³-hybridized carbons (Fsp3) is 0.529. The van der Waals surface area contributed by atoms with Crippen molar-refractivity contribution >= 4 is 29.1 Å². The molecule has 2 rings (SSSR count). The van der Waals surface area contributed by atoms with Gasteiger partial charge in [0.15, 0.2) is 0 Å². The van der Waals surface area contributed by atoms with Crippen molar-refractivity contribution in [2.45, 2.75) is 46.2 Å². The van der Waals surface area contributed by atoms with Gasteiger partial charge in [0.2, 0.25) is 11.8 Å². The van der Waals surface area contributed by atoms with Gasteiger partial charge in [-0.2, -0.15) is 0 Å². The maximum absolute atomic E-state index is 12.7. The Labute approximate surface area is 137 Å². The fourth-order valence-electron chi connectivity index (χ4n) is 3.08. The minimum Gasteiger partial charge on any atom is -0.338 e. The zero-order chi connectivity index (χ0) is 16.4. The van der Waals surface area contributed by atoms with E-state index in [4.69, 9.17) is 11.6 Å². The van der Waals surface area contributed by atoms with Crippen molar-refractivity contribution in [3.8, 4) is 0 Å². The van der Waals surface area contributed by atoms with E-state index in [9.17, 15) is 9.59 Å². The lowest BCUT2D eigenvalue weighted by Crippen LogP contribution is -2.45. The molecule has 0 N–H and O–H groups in total. The zero-order valence-electron chi connectivity index (χ0n) is 13.5. The smallest absolute Gasteiger partial charge is 0.228 e. The normalized spacial score (nSPS) is 18.4. The third-order valence-electron chi connectivity index (χ3n) is 3.96. The van der Waals surface area contributed by atoms with E-state index in [1.165, 1.54) is 0 Å². The van der Waals surface area contributed by atoms with Gasteiger partial charge >= 0.3 is 0 Å². The van der Waals surface area contributed by atoms with Crippen LogP contribution in [0.4, 0.5) is 5.69 Å². The second-order valence-corrected chi connectivity index (χ2v) is 6.75. The van der Waals surface area contributed by atoms with Gasteiger partial charge in [0.05, 0.1) is 5.92 Å². The van der Waals surface area contributed by atoms with Gasteiger partial charge in [-0.3, -0.25) is 9.59 Å². The molecule has 1 aromatic carbocycles. The molecule has 2 amide bonds. The summed E-state index contributed by atoms with van der Waals surface area (Å²) in [4.78, 5) is 28.5. The second-order valence-electron chi connectivity index (χ2n) is 6.32. The van der Waals surface area contributed by atoms with Crippen LogP contribution < -0.4 is 4.90 Å². The summed E-state index contributed by atoms with van der Waals surface area (Å²) in [7, 11) is 0. The molecule has 0 bridgehead atoms. The molecule has 0 radical (unpaired) electrons. The van der Waals surface area contributed by atoms with Gasteiger partial charge in [-0.1, -0.05) is 17.7 Å². The van der Waals surface area contributed by atoms with Crippen LogP contribution in [0.1, 0.15) is 34.1 Å². The third kappa shape index (κ3) is 3.43. The van der Waals surface area contributed by atoms with Crippen molar-refractivity contribution in [1.82, 2.24) is 4.90 Å². The predicted octanol–water partition coefficient (Wildman–Crippen LogP) is 3.34. The molecule has 1 saturated heterocycles. The highest BCUT2D eigenvalue weighted by Crippen LogP contribution is 2.28. The van der Waals surface area contributed by atoms with Crippen LogP contribution in [0.25, 0.3) is 0 Å². The van der Waals surface area contributed by atoms with Gasteiger partial charge < -0.3 is 9.80 Å². The van der Waals surface area contributed by atoms with Crippen LogP contribution in [0.2, 0.25) is 5.02 Å². The van der Waals surface area contributed by atoms with E-state index >= 15 is 0 Å². The van der Waals surface area contributed by atoms with Gasteiger partial charge in [-0.15, -0.1) is 0 Å². The van der Waals surface area contributed by atoms with E-state index in [0.717, 1.165) is 5.69 Å². The van der Waals surface area contributed by atoms with E-state index in [2.05, 4.69) is 0 Å². The first-order valence-corrected chi connectivity index (χ1v) is 8.07. The maximum Gasteiger partial charge on any atom is 0.228 e. The van der Waals surface area contributed by atoms with Crippen molar-refractivity contribution < 1.29 is 9.59 Å². The highest BCUT2D eigenvalue weighted by Gasteiger charge is 2.38. The number of amides is 2.